The maximum Gasteiger partial charge on any atom is 0.149 e. The van der Waals surface area contributed by atoms with Crippen molar-refractivity contribution in [3.8, 4) is 10.6 Å². The normalized spacial score (nSPS) is 10.8. The second kappa shape index (κ2) is 5.59. The molecule has 3 rings (SSSR count). The van der Waals surface area contributed by atoms with Gasteiger partial charge < -0.3 is 16.0 Å². The highest BCUT2D eigenvalue weighted by atomic mass is 32.1. The quantitative estimate of drug-likeness (QED) is 0.673. The van der Waals surface area contributed by atoms with Crippen molar-refractivity contribution < 1.29 is 0 Å². The molecule has 3 aromatic heterocycles. The number of hydrogen-bond acceptors (Lipinski definition) is 7. The van der Waals surface area contributed by atoms with Gasteiger partial charge >= 0.3 is 0 Å². The third-order valence-corrected chi connectivity index (χ3v) is 4.58. The fraction of sp³-hybridized carbons (Fsp3) is 0.250. The summed E-state index contributed by atoms with van der Waals surface area (Å²) in [5, 5.41) is 7.27. The van der Waals surface area contributed by atoms with Gasteiger partial charge in [-0.05, 0) is 18.5 Å². The first kappa shape index (κ1) is 13.1. The first-order chi connectivity index (χ1) is 9.74. The van der Waals surface area contributed by atoms with Crippen LogP contribution >= 0.6 is 22.9 Å². The molecule has 0 saturated carbocycles. The summed E-state index contributed by atoms with van der Waals surface area (Å²) in [4.78, 5) is 11.6. The van der Waals surface area contributed by atoms with Gasteiger partial charge in [0.15, 0.2) is 0 Å². The maximum absolute atomic E-state index is 5.96. The van der Waals surface area contributed by atoms with E-state index in [4.69, 9.17) is 5.73 Å². The van der Waals surface area contributed by atoms with Crippen LogP contribution in [0.4, 0.5) is 10.8 Å². The van der Waals surface area contributed by atoms with Crippen molar-refractivity contribution in [1.29, 1.82) is 0 Å². The van der Waals surface area contributed by atoms with Crippen LogP contribution in [0.15, 0.2) is 17.9 Å². The molecule has 8 heteroatoms. The Morgan fingerprint density at radius 1 is 1.45 bits per heavy atom. The number of nitrogens with two attached hydrogens (primary N) is 1. The van der Waals surface area contributed by atoms with Gasteiger partial charge in [0.05, 0.1) is 11.9 Å². The van der Waals surface area contributed by atoms with E-state index in [0.29, 0.717) is 5.82 Å². The Kier molecular flexibility index (Phi) is 3.66. The topological polar surface area (TPSA) is 92.5 Å². The molecule has 0 fully saturated rings. The van der Waals surface area contributed by atoms with Gasteiger partial charge in [0, 0.05) is 35.9 Å². The minimum Gasteiger partial charge on any atom is -0.382 e. The number of nitrogen functional groups attached to an aromatic ring is 1. The highest BCUT2D eigenvalue weighted by Crippen LogP contribution is 2.38. The van der Waals surface area contributed by atoms with Gasteiger partial charge in [-0.3, -0.25) is 0 Å². The lowest BCUT2D eigenvalue weighted by Crippen LogP contribution is -2.04. The zero-order valence-electron chi connectivity index (χ0n) is 10.9. The van der Waals surface area contributed by atoms with Crippen LogP contribution in [0.5, 0.6) is 0 Å². The average Bonchev–Trinajstić information content (AvgIpc) is 3.12. The summed E-state index contributed by atoms with van der Waals surface area (Å²) in [5.41, 5.74) is 8.97. The summed E-state index contributed by atoms with van der Waals surface area (Å²) in [6.07, 6.45) is 4.38. The predicted molar refractivity (Wildman–Crippen MR) is 83.2 cm³/mol. The number of nitrogens with one attached hydrogen (secondary N) is 2. The SMILES string of the molecule is Cc1csc(-c2c(N)nsc2NCCc2cnc[nH]2)n1. The van der Waals surface area contributed by atoms with Crippen LogP contribution in [0, 0.1) is 6.92 Å². The van der Waals surface area contributed by atoms with E-state index in [0.717, 1.165) is 39.9 Å². The third kappa shape index (κ3) is 2.66. The molecule has 0 amide bonds. The zero-order chi connectivity index (χ0) is 13.9. The van der Waals surface area contributed by atoms with E-state index >= 15 is 0 Å². The summed E-state index contributed by atoms with van der Waals surface area (Å²) < 4.78 is 4.22. The van der Waals surface area contributed by atoms with E-state index in [1.807, 2.05) is 18.5 Å². The Morgan fingerprint density at radius 3 is 3.05 bits per heavy atom. The van der Waals surface area contributed by atoms with Gasteiger partial charge in [0.2, 0.25) is 0 Å². The molecule has 0 aliphatic carbocycles. The fourth-order valence-corrected chi connectivity index (χ4v) is 3.49. The van der Waals surface area contributed by atoms with Crippen LogP contribution in [0.1, 0.15) is 11.4 Å². The van der Waals surface area contributed by atoms with Gasteiger partial charge in [-0.15, -0.1) is 11.3 Å². The lowest BCUT2D eigenvalue weighted by molar-refractivity contribution is 0.981. The first-order valence-electron chi connectivity index (χ1n) is 6.13. The Bertz CT molecular complexity index is 685. The van der Waals surface area contributed by atoms with E-state index in [2.05, 4.69) is 24.6 Å². The van der Waals surface area contributed by atoms with Crippen molar-refractivity contribution in [3.63, 3.8) is 0 Å². The van der Waals surface area contributed by atoms with Gasteiger partial charge in [-0.2, -0.15) is 4.37 Å². The number of imidazole rings is 1. The molecule has 6 nitrogen and oxygen atoms in total. The van der Waals surface area contributed by atoms with E-state index in [1.165, 1.54) is 11.5 Å². The van der Waals surface area contributed by atoms with E-state index in [9.17, 15) is 0 Å². The van der Waals surface area contributed by atoms with Crippen molar-refractivity contribution in [3.05, 3.63) is 29.3 Å². The Morgan fingerprint density at radius 2 is 2.35 bits per heavy atom. The molecule has 4 N–H and O–H groups in total. The third-order valence-electron chi connectivity index (χ3n) is 2.79. The maximum atomic E-state index is 5.96. The van der Waals surface area contributed by atoms with Crippen LogP contribution in [0.2, 0.25) is 0 Å². The number of rotatable bonds is 5. The lowest BCUT2D eigenvalue weighted by Gasteiger charge is -2.04. The van der Waals surface area contributed by atoms with Gasteiger partial charge in [-0.1, -0.05) is 0 Å². The highest BCUT2D eigenvalue weighted by molar-refractivity contribution is 7.15. The van der Waals surface area contributed by atoms with E-state index in [1.54, 1.807) is 17.7 Å². The van der Waals surface area contributed by atoms with Crippen molar-refractivity contribution in [2.75, 3.05) is 17.6 Å². The molecule has 0 spiro atoms. The van der Waals surface area contributed by atoms with Crippen molar-refractivity contribution in [1.82, 2.24) is 19.3 Å². The van der Waals surface area contributed by atoms with Gasteiger partial charge in [-0.25, -0.2) is 9.97 Å². The Labute approximate surface area is 124 Å². The summed E-state index contributed by atoms with van der Waals surface area (Å²) in [6, 6.07) is 0. The first-order valence-corrected chi connectivity index (χ1v) is 7.78. The average molecular weight is 306 g/mol. The molecular weight excluding hydrogens is 292 g/mol. The number of nitrogens with zero attached hydrogens (tertiary/aromatic N) is 3. The van der Waals surface area contributed by atoms with E-state index in [-0.39, 0.29) is 0 Å². The van der Waals surface area contributed by atoms with E-state index < -0.39 is 0 Å². The second-order valence-electron chi connectivity index (χ2n) is 4.32. The van der Waals surface area contributed by atoms with Crippen molar-refractivity contribution in [2.45, 2.75) is 13.3 Å². The number of H-pyrrole nitrogens is 1. The molecule has 0 bridgehead atoms. The second-order valence-corrected chi connectivity index (χ2v) is 5.95. The molecule has 0 atom stereocenters. The molecular formula is C12H14N6S2. The number of aromatic nitrogens is 4. The fourth-order valence-electron chi connectivity index (χ4n) is 1.83. The minimum atomic E-state index is 0.536. The molecule has 0 saturated heterocycles. The lowest BCUT2D eigenvalue weighted by atomic mass is 10.3. The number of hydrogen-bond donors (Lipinski definition) is 3. The minimum absolute atomic E-state index is 0.536. The van der Waals surface area contributed by atoms with Crippen LogP contribution < -0.4 is 11.1 Å². The Hall–Kier alpha value is -1.93. The molecule has 0 aliphatic rings. The van der Waals surface area contributed by atoms with Gasteiger partial charge in [0.25, 0.3) is 0 Å². The van der Waals surface area contributed by atoms with Gasteiger partial charge in [0.1, 0.15) is 15.8 Å². The summed E-state index contributed by atoms with van der Waals surface area (Å²) in [6.45, 7) is 2.77. The molecule has 0 radical (unpaired) electrons. The Balaban J connectivity index is 1.74. The summed E-state index contributed by atoms with van der Waals surface area (Å²) in [5.74, 6) is 0.536. The molecule has 0 aromatic carbocycles. The molecule has 104 valence electrons. The largest absolute Gasteiger partial charge is 0.382 e. The molecule has 3 aromatic rings. The van der Waals surface area contributed by atoms with Crippen LogP contribution in [-0.2, 0) is 6.42 Å². The molecule has 0 aliphatic heterocycles. The number of thiazole rings is 1. The molecule has 0 unspecified atom stereocenters. The molecule has 3 heterocycles. The molecule has 20 heavy (non-hydrogen) atoms. The van der Waals surface area contributed by atoms with Crippen LogP contribution in [0.25, 0.3) is 10.6 Å². The monoisotopic (exact) mass is 306 g/mol. The number of anilines is 2. The number of aryl methyl sites for hydroxylation is 1. The van der Waals surface area contributed by atoms with Crippen LogP contribution in [0.3, 0.4) is 0 Å². The zero-order valence-corrected chi connectivity index (χ0v) is 12.5. The predicted octanol–water partition coefficient (Wildman–Crippen LogP) is 2.53. The smallest absolute Gasteiger partial charge is 0.149 e. The summed E-state index contributed by atoms with van der Waals surface area (Å²) >= 11 is 2.96. The summed E-state index contributed by atoms with van der Waals surface area (Å²) in [7, 11) is 0. The number of aromatic amines is 1. The highest BCUT2D eigenvalue weighted by Gasteiger charge is 2.16. The van der Waals surface area contributed by atoms with Crippen molar-refractivity contribution in [2.24, 2.45) is 0 Å². The standard InChI is InChI=1S/C12H14N6S2/c1-7-5-19-12(17-7)9-10(13)18-20-11(9)15-3-2-8-4-14-6-16-8/h4-6,15H,2-3H2,1H3,(H2,13,18)(H,14,16). The van der Waals surface area contributed by atoms with Crippen molar-refractivity contribution >= 4 is 33.7 Å². The van der Waals surface area contributed by atoms with Crippen LogP contribution in [-0.4, -0.2) is 25.9 Å².